The maximum atomic E-state index is 14.1. The minimum absolute atomic E-state index is 0.170. The molecule has 2 aromatic rings. The molecule has 1 saturated heterocycles. The monoisotopic (exact) mass is 335 g/mol. The first-order chi connectivity index (χ1) is 11.6. The fourth-order valence-corrected chi connectivity index (χ4v) is 3.75. The van der Waals surface area contributed by atoms with E-state index in [1.54, 1.807) is 6.20 Å². The lowest BCUT2D eigenvalue weighted by Crippen LogP contribution is -2.38. The SMILES string of the molecule is FC1(F)C[C@@H](c2nnc(-c3cnccn3)o2)N(C2CCCCC2)C1. The zero-order chi connectivity index (χ0) is 16.6. The molecule has 0 bridgehead atoms. The van der Waals surface area contributed by atoms with Gasteiger partial charge in [0.15, 0.2) is 0 Å². The van der Waals surface area contributed by atoms with Crippen molar-refractivity contribution in [3.8, 4) is 11.6 Å². The lowest BCUT2D eigenvalue weighted by Gasteiger charge is -2.33. The Morgan fingerprint density at radius 1 is 1.12 bits per heavy atom. The Hall–Kier alpha value is -1.96. The van der Waals surface area contributed by atoms with E-state index >= 15 is 0 Å². The van der Waals surface area contributed by atoms with E-state index in [2.05, 4.69) is 20.2 Å². The second-order valence-corrected chi connectivity index (χ2v) is 6.58. The number of halogens is 2. The van der Waals surface area contributed by atoms with Gasteiger partial charge in [0.1, 0.15) is 5.69 Å². The van der Waals surface area contributed by atoms with Gasteiger partial charge in [-0.1, -0.05) is 19.3 Å². The van der Waals surface area contributed by atoms with Crippen LogP contribution in [0.5, 0.6) is 0 Å². The molecule has 8 heteroatoms. The quantitative estimate of drug-likeness (QED) is 0.858. The van der Waals surface area contributed by atoms with Crippen molar-refractivity contribution in [1.82, 2.24) is 25.1 Å². The molecule has 4 rings (SSSR count). The molecule has 2 aromatic heterocycles. The van der Waals surface area contributed by atoms with Crippen LogP contribution in [0.2, 0.25) is 0 Å². The molecule has 0 spiro atoms. The van der Waals surface area contributed by atoms with E-state index in [4.69, 9.17) is 4.42 Å². The van der Waals surface area contributed by atoms with Gasteiger partial charge in [0.25, 0.3) is 11.8 Å². The maximum Gasteiger partial charge on any atom is 0.267 e. The Balaban J connectivity index is 1.60. The average molecular weight is 335 g/mol. The van der Waals surface area contributed by atoms with Crippen molar-refractivity contribution >= 4 is 0 Å². The smallest absolute Gasteiger partial charge is 0.267 e. The van der Waals surface area contributed by atoms with Crippen LogP contribution in [0.25, 0.3) is 11.6 Å². The maximum absolute atomic E-state index is 14.1. The van der Waals surface area contributed by atoms with Gasteiger partial charge in [0.2, 0.25) is 5.89 Å². The molecule has 24 heavy (non-hydrogen) atoms. The lowest BCUT2D eigenvalue weighted by atomic mass is 9.94. The molecule has 0 radical (unpaired) electrons. The largest absolute Gasteiger partial charge is 0.417 e. The van der Waals surface area contributed by atoms with Gasteiger partial charge in [0.05, 0.1) is 18.8 Å². The zero-order valence-corrected chi connectivity index (χ0v) is 13.2. The highest BCUT2D eigenvalue weighted by Gasteiger charge is 2.50. The molecule has 2 aliphatic rings. The number of rotatable bonds is 3. The van der Waals surface area contributed by atoms with E-state index in [0.717, 1.165) is 25.7 Å². The van der Waals surface area contributed by atoms with Crippen LogP contribution < -0.4 is 0 Å². The van der Waals surface area contributed by atoms with E-state index in [0.29, 0.717) is 5.69 Å². The van der Waals surface area contributed by atoms with Crippen LogP contribution in [-0.4, -0.2) is 43.6 Å². The van der Waals surface area contributed by atoms with Crippen LogP contribution in [0.15, 0.2) is 23.0 Å². The molecule has 1 aliphatic heterocycles. The number of aromatic nitrogens is 4. The molecular weight excluding hydrogens is 316 g/mol. The predicted molar refractivity (Wildman–Crippen MR) is 81.2 cm³/mol. The van der Waals surface area contributed by atoms with Gasteiger partial charge in [-0.15, -0.1) is 10.2 Å². The summed E-state index contributed by atoms with van der Waals surface area (Å²) in [6.45, 7) is -0.231. The Kier molecular flexibility index (Phi) is 3.99. The molecule has 3 heterocycles. The number of nitrogens with zero attached hydrogens (tertiary/aromatic N) is 5. The van der Waals surface area contributed by atoms with Gasteiger partial charge in [-0.3, -0.25) is 9.88 Å². The summed E-state index contributed by atoms with van der Waals surface area (Å²) < 4.78 is 33.8. The predicted octanol–water partition coefficient (Wildman–Crippen LogP) is 3.24. The molecule has 0 amide bonds. The number of hydrogen-bond donors (Lipinski definition) is 0. The summed E-state index contributed by atoms with van der Waals surface area (Å²) >= 11 is 0. The van der Waals surface area contributed by atoms with Crippen LogP contribution in [0, 0.1) is 0 Å². The molecule has 0 N–H and O–H groups in total. The van der Waals surface area contributed by atoms with E-state index in [1.165, 1.54) is 18.8 Å². The van der Waals surface area contributed by atoms with E-state index in [1.807, 2.05) is 4.90 Å². The van der Waals surface area contributed by atoms with Gasteiger partial charge in [0, 0.05) is 24.9 Å². The lowest BCUT2D eigenvalue weighted by molar-refractivity contribution is 0.00546. The summed E-state index contributed by atoms with van der Waals surface area (Å²) in [6, 6.07) is -0.356. The van der Waals surface area contributed by atoms with E-state index in [9.17, 15) is 8.78 Å². The van der Waals surface area contributed by atoms with Crippen molar-refractivity contribution in [1.29, 1.82) is 0 Å². The normalized spacial score (nSPS) is 25.2. The second-order valence-electron chi connectivity index (χ2n) is 6.58. The van der Waals surface area contributed by atoms with Gasteiger partial charge in [-0.2, -0.15) is 0 Å². The second kappa shape index (κ2) is 6.16. The van der Waals surface area contributed by atoms with E-state index in [-0.39, 0.29) is 30.8 Å². The Morgan fingerprint density at radius 3 is 2.71 bits per heavy atom. The summed E-state index contributed by atoms with van der Waals surface area (Å²) in [5.74, 6) is -2.25. The molecule has 0 aromatic carbocycles. The minimum atomic E-state index is -2.72. The molecule has 0 unspecified atom stereocenters. The highest BCUT2D eigenvalue weighted by Crippen LogP contribution is 2.44. The van der Waals surface area contributed by atoms with Crippen LogP contribution >= 0.6 is 0 Å². The molecule has 1 saturated carbocycles. The summed E-state index contributed by atoms with van der Waals surface area (Å²) in [5, 5.41) is 7.99. The Labute approximate surface area is 138 Å². The highest BCUT2D eigenvalue weighted by atomic mass is 19.3. The Morgan fingerprint density at radius 2 is 1.96 bits per heavy atom. The van der Waals surface area contributed by atoms with Crippen molar-refractivity contribution in [2.24, 2.45) is 0 Å². The fourth-order valence-electron chi connectivity index (χ4n) is 3.75. The molecule has 2 fully saturated rings. The van der Waals surface area contributed by atoms with Crippen LogP contribution in [0.3, 0.4) is 0 Å². The summed E-state index contributed by atoms with van der Waals surface area (Å²) in [7, 11) is 0. The first-order valence-electron chi connectivity index (χ1n) is 8.36. The zero-order valence-electron chi connectivity index (χ0n) is 13.2. The first kappa shape index (κ1) is 15.6. The first-order valence-corrected chi connectivity index (χ1v) is 8.36. The van der Waals surface area contributed by atoms with Crippen LogP contribution in [0.4, 0.5) is 8.78 Å². The van der Waals surface area contributed by atoms with E-state index < -0.39 is 12.0 Å². The van der Waals surface area contributed by atoms with Crippen molar-refractivity contribution in [3.63, 3.8) is 0 Å². The van der Waals surface area contributed by atoms with Crippen molar-refractivity contribution < 1.29 is 13.2 Å². The topological polar surface area (TPSA) is 67.9 Å². The number of hydrogen-bond acceptors (Lipinski definition) is 6. The summed E-state index contributed by atoms with van der Waals surface area (Å²) in [4.78, 5) is 9.93. The fraction of sp³-hybridized carbons (Fsp3) is 0.625. The average Bonchev–Trinajstić information content (AvgIpc) is 3.21. The number of likely N-dealkylation sites (tertiary alicyclic amines) is 1. The molecule has 1 aliphatic carbocycles. The van der Waals surface area contributed by atoms with Crippen molar-refractivity contribution in [3.05, 3.63) is 24.5 Å². The molecule has 6 nitrogen and oxygen atoms in total. The standard InChI is InChI=1S/C16H19F2N5O/c17-16(18)8-13(23(10-16)11-4-2-1-3-5-11)15-22-21-14(24-15)12-9-19-6-7-20-12/h6-7,9,11,13H,1-5,8,10H2/t13-/m0/s1. The van der Waals surface area contributed by atoms with Gasteiger partial charge >= 0.3 is 0 Å². The Bertz CT molecular complexity index is 687. The third-order valence-corrected chi connectivity index (χ3v) is 4.86. The van der Waals surface area contributed by atoms with Crippen LogP contribution in [-0.2, 0) is 0 Å². The molecular formula is C16H19F2N5O. The molecule has 1 atom stereocenters. The molecule has 128 valence electrons. The highest BCUT2D eigenvalue weighted by molar-refractivity contribution is 5.43. The van der Waals surface area contributed by atoms with Gasteiger partial charge < -0.3 is 4.42 Å². The van der Waals surface area contributed by atoms with Crippen LogP contribution in [0.1, 0.15) is 50.5 Å². The van der Waals surface area contributed by atoms with Crippen molar-refractivity contribution in [2.45, 2.75) is 56.5 Å². The van der Waals surface area contributed by atoms with Gasteiger partial charge in [-0.05, 0) is 12.8 Å². The summed E-state index contributed by atoms with van der Waals surface area (Å²) in [6.07, 6.45) is 9.59. The summed E-state index contributed by atoms with van der Waals surface area (Å²) in [5.41, 5.74) is 0.449. The van der Waals surface area contributed by atoms with Gasteiger partial charge in [-0.25, -0.2) is 13.8 Å². The minimum Gasteiger partial charge on any atom is -0.417 e. The number of alkyl halides is 2. The third-order valence-electron chi connectivity index (χ3n) is 4.86. The third kappa shape index (κ3) is 3.02. The van der Waals surface area contributed by atoms with Crippen molar-refractivity contribution in [2.75, 3.05) is 6.54 Å².